The number of aromatic nitrogens is 3. The molecule has 0 unspecified atom stereocenters. The van der Waals surface area contributed by atoms with Crippen molar-refractivity contribution in [2.45, 2.75) is 12.8 Å². The Bertz CT molecular complexity index is 1350. The molecule has 0 atom stereocenters. The Labute approximate surface area is 208 Å². The third-order valence-electron chi connectivity index (χ3n) is 6.34. The minimum atomic E-state index is 0.0236. The lowest BCUT2D eigenvalue weighted by Crippen LogP contribution is -2.40. The number of piperidine rings is 1. The fourth-order valence-corrected chi connectivity index (χ4v) is 5.34. The van der Waals surface area contributed by atoms with E-state index in [0.717, 1.165) is 44.9 Å². The first kappa shape index (κ1) is 23.0. The molecule has 180 valence electrons. The number of fused-ring (bicyclic) bond motifs is 1. The minimum absolute atomic E-state index is 0.0236. The summed E-state index contributed by atoms with van der Waals surface area (Å²) in [6, 6.07) is 13.9. The third-order valence-corrected chi connectivity index (χ3v) is 7.40. The molecule has 1 amide bonds. The number of anilines is 1. The van der Waals surface area contributed by atoms with Gasteiger partial charge in [0.15, 0.2) is 11.5 Å². The van der Waals surface area contributed by atoms with Gasteiger partial charge in [-0.25, -0.2) is 15.0 Å². The molecule has 1 aliphatic heterocycles. The Hall–Kier alpha value is -3.72. The molecule has 8 nitrogen and oxygen atoms in total. The highest BCUT2D eigenvalue weighted by atomic mass is 32.1. The van der Waals surface area contributed by atoms with Crippen LogP contribution in [0.4, 0.5) is 5.95 Å². The average molecular weight is 490 g/mol. The first-order valence-corrected chi connectivity index (χ1v) is 12.3. The molecule has 0 spiro atoms. The van der Waals surface area contributed by atoms with Gasteiger partial charge in [-0.3, -0.25) is 4.79 Å². The Morgan fingerprint density at radius 3 is 2.46 bits per heavy atom. The van der Waals surface area contributed by atoms with Crippen LogP contribution < -0.4 is 19.7 Å². The van der Waals surface area contributed by atoms with E-state index >= 15 is 0 Å². The zero-order chi connectivity index (χ0) is 24.4. The summed E-state index contributed by atoms with van der Waals surface area (Å²) in [5.41, 5.74) is 2.64. The van der Waals surface area contributed by atoms with Crippen molar-refractivity contribution in [2.75, 3.05) is 39.3 Å². The molecule has 0 bridgehead atoms. The molecule has 5 rings (SSSR count). The molecule has 1 saturated heterocycles. The summed E-state index contributed by atoms with van der Waals surface area (Å²) in [6.45, 7) is 1.43. The smallest absolute Gasteiger partial charge is 0.226 e. The van der Waals surface area contributed by atoms with E-state index in [1.807, 2.05) is 36.5 Å². The number of rotatable bonds is 6. The molecule has 0 aliphatic carbocycles. The van der Waals surface area contributed by atoms with Crippen molar-refractivity contribution < 1.29 is 14.3 Å². The lowest BCUT2D eigenvalue weighted by molar-refractivity contribution is -0.125. The molecule has 2 aromatic carbocycles. The predicted molar refractivity (Wildman–Crippen MR) is 138 cm³/mol. The number of hydrogen-bond donors (Lipinski definition) is 1. The van der Waals surface area contributed by atoms with Crippen molar-refractivity contribution >= 4 is 34.1 Å². The van der Waals surface area contributed by atoms with E-state index in [0.29, 0.717) is 30.5 Å². The quantitative estimate of drug-likeness (QED) is 0.429. The van der Waals surface area contributed by atoms with E-state index in [1.165, 1.54) is 0 Å². The van der Waals surface area contributed by atoms with Gasteiger partial charge in [-0.1, -0.05) is 30.3 Å². The van der Waals surface area contributed by atoms with Gasteiger partial charge in [-0.2, -0.15) is 0 Å². The number of ether oxygens (including phenoxy) is 2. The highest BCUT2D eigenvalue weighted by molar-refractivity contribution is 7.18. The van der Waals surface area contributed by atoms with E-state index in [2.05, 4.69) is 27.3 Å². The molecule has 1 fully saturated rings. The Kier molecular flexibility index (Phi) is 6.50. The van der Waals surface area contributed by atoms with E-state index in [4.69, 9.17) is 19.4 Å². The Morgan fingerprint density at radius 2 is 1.77 bits per heavy atom. The maximum atomic E-state index is 12.1. The van der Waals surface area contributed by atoms with Crippen LogP contribution >= 0.6 is 11.3 Å². The van der Waals surface area contributed by atoms with E-state index < -0.39 is 0 Å². The van der Waals surface area contributed by atoms with Gasteiger partial charge in [0, 0.05) is 49.3 Å². The molecule has 0 radical (unpaired) electrons. The van der Waals surface area contributed by atoms with Crippen molar-refractivity contribution in [3.63, 3.8) is 0 Å². The van der Waals surface area contributed by atoms with Crippen LogP contribution in [0.15, 0.2) is 48.7 Å². The molecule has 4 aromatic rings. The molecule has 1 N–H and O–H groups in total. The van der Waals surface area contributed by atoms with Crippen molar-refractivity contribution in [1.82, 2.24) is 20.3 Å². The van der Waals surface area contributed by atoms with E-state index in [1.54, 1.807) is 32.6 Å². The summed E-state index contributed by atoms with van der Waals surface area (Å²) in [5.74, 6) is 2.00. The SMILES string of the molecule is CNC(=O)C1CCN(c2nc(-c3cnc(-c4ccccc4)s3)c3cc(OC)c(OC)cc3n2)CC1. The summed E-state index contributed by atoms with van der Waals surface area (Å²) in [7, 11) is 4.93. The zero-order valence-corrected chi connectivity index (χ0v) is 20.8. The number of benzene rings is 2. The first-order chi connectivity index (χ1) is 17.1. The number of nitrogens with one attached hydrogen (secondary N) is 1. The second-order valence-electron chi connectivity index (χ2n) is 8.37. The molecule has 35 heavy (non-hydrogen) atoms. The monoisotopic (exact) mass is 489 g/mol. The molecule has 2 aromatic heterocycles. The summed E-state index contributed by atoms with van der Waals surface area (Å²) >= 11 is 1.60. The van der Waals surface area contributed by atoms with Crippen molar-refractivity contribution in [3.05, 3.63) is 48.7 Å². The van der Waals surface area contributed by atoms with Crippen LogP contribution in [0.1, 0.15) is 12.8 Å². The van der Waals surface area contributed by atoms with E-state index in [9.17, 15) is 4.79 Å². The number of carbonyl (C=O) groups excluding carboxylic acids is 1. The Balaban J connectivity index is 1.59. The maximum absolute atomic E-state index is 12.1. The highest BCUT2D eigenvalue weighted by Crippen LogP contribution is 2.39. The van der Waals surface area contributed by atoms with Gasteiger partial charge in [0.25, 0.3) is 0 Å². The summed E-state index contributed by atoms with van der Waals surface area (Å²) < 4.78 is 11.1. The normalized spacial score (nSPS) is 14.2. The third kappa shape index (κ3) is 4.51. The zero-order valence-electron chi connectivity index (χ0n) is 19.9. The number of nitrogens with zero attached hydrogens (tertiary/aromatic N) is 4. The standard InChI is InChI=1S/C26H27N5O3S/c1-27-24(32)16-9-11-31(12-10-16)26-29-19-14-21(34-3)20(33-2)13-18(19)23(30-26)22-15-28-25(35-22)17-7-5-4-6-8-17/h4-8,13-16H,9-12H2,1-3H3,(H,27,32). The second kappa shape index (κ2) is 9.87. The molecule has 0 saturated carbocycles. The average Bonchev–Trinajstić information content (AvgIpc) is 3.42. The van der Waals surface area contributed by atoms with E-state index in [-0.39, 0.29) is 11.8 Å². The number of methoxy groups -OCH3 is 2. The minimum Gasteiger partial charge on any atom is -0.493 e. The topological polar surface area (TPSA) is 89.5 Å². The fraction of sp³-hybridized carbons (Fsp3) is 0.308. The first-order valence-electron chi connectivity index (χ1n) is 11.5. The van der Waals surface area contributed by atoms with Gasteiger partial charge >= 0.3 is 0 Å². The molecular formula is C26H27N5O3S. The number of amides is 1. The van der Waals surface area contributed by atoms with Gasteiger partial charge in [0.2, 0.25) is 11.9 Å². The Morgan fingerprint density at radius 1 is 1.06 bits per heavy atom. The predicted octanol–water partition coefficient (Wildman–Crippen LogP) is 4.40. The van der Waals surface area contributed by atoms with Gasteiger partial charge in [0.1, 0.15) is 5.01 Å². The van der Waals surface area contributed by atoms with Crippen molar-refractivity contribution in [2.24, 2.45) is 5.92 Å². The van der Waals surface area contributed by atoms with Gasteiger partial charge in [-0.05, 0) is 18.9 Å². The van der Waals surface area contributed by atoms with Crippen molar-refractivity contribution in [3.8, 4) is 32.6 Å². The summed E-state index contributed by atoms with van der Waals surface area (Å²) in [6.07, 6.45) is 3.40. The van der Waals surface area contributed by atoms with Gasteiger partial charge in [0.05, 0.1) is 30.3 Å². The molecule has 9 heteroatoms. The fourth-order valence-electron chi connectivity index (χ4n) is 4.42. The van der Waals surface area contributed by atoms with Crippen LogP contribution in [0, 0.1) is 5.92 Å². The van der Waals surface area contributed by atoms with Crippen LogP contribution in [-0.2, 0) is 4.79 Å². The molecular weight excluding hydrogens is 462 g/mol. The van der Waals surface area contributed by atoms with Crippen molar-refractivity contribution in [1.29, 1.82) is 0 Å². The molecule has 1 aliphatic rings. The number of carbonyl (C=O) groups is 1. The van der Waals surface area contributed by atoms with Crippen LogP contribution in [-0.4, -0.2) is 55.2 Å². The highest BCUT2D eigenvalue weighted by Gasteiger charge is 2.27. The summed E-state index contributed by atoms with van der Waals surface area (Å²) in [5, 5.41) is 4.56. The van der Waals surface area contributed by atoms with Gasteiger partial charge in [-0.15, -0.1) is 11.3 Å². The second-order valence-corrected chi connectivity index (χ2v) is 9.40. The van der Waals surface area contributed by atoms with Gasteiger partial charge < -0.3 is 19.7 Å². The number of thiazole rings is 1. The van der Waals surface area contributed by atoms with Crippen LogP contribution in [0.5, 0.6) is 11.5 Å². The van der Waals surface area contributed by atoms with Crippen LogP contribution in [0.3, 0.4) is 0 Å². The summed E-state index contributed by atoms with van der Waals surface area (Å²) in [4.78, 5) is 29.8. The lowest BCUT2D eigenvalue weighted by Gasteiger charge is -2.31. The lowest BCUT2D eigenvalue weighted by atomic mass is 9.96. The maximum Gasteiger partial charge on any atom is 0.226 e. The van der Waals surface area contributed by atoms with Crippen LogP contribution in [0.2, 0.25) is 0 Å². The molecule has 3 heterocycles. The largest absolute Gasteiger partial charge is 0.493 e. The number of hydrogen-bond acceptors (Lipinski definition) is 8. The van der Waals surface area contributed by atoms with Crippen LogP contribution in [0.25, 0.3) is 32.0 Å².